The number of nitro benzene ring substituents is 1. The average molecular weight is 670 g/mol. The monoisotopic (exact) mass is 669 g/mol. The van der Waals surface area contributed by atoms with Gasteiger partial charge in [-0.25, -0.2) is 0 Å². The Balaban J connectivity index is 0.000000209. The van der Waals surface area contributed by atoms with Gasteiger partial charge in [-0.3, -0.25) is 10.1 Å². The SMILES string of the molecule is Cc1ccc(N=Nc2c(O)ccc3cccc(N)c23)c(O)c1.Nc1cccc2ccc(O)c(N=Nc3ccc([N+](=O)[O-])cc3O)c12.[Cr]. The molecule has 6 rings (SSSR count). The number of benzene rings is 6. The topological polar surface area (TPSA) is 226 Å². The Hall–Kier alpha value is -6.23. The Labute approximate surface area is 278 Å². The molecule has 0 aromatic heterocycles. The molecule has 14 heteroatoms. The molecule has 0 radical (unpaired) electrons. The van der Waals surface area contributed by atoms with Crippen molar-refractivity contribution in [3.63, 3.8) is 0 Å². The number of phenols is 4. The van der Waals surface area contributed by atoms with E-state index < -0.39 is 4.92 Å². The second-order valence-electron chi connectivity index (χ2n) is 10.1. The van der Waals surface area contributed by atoms with Crippen molar-refractivity contribution in [3.8, 4) is 23.0 Å². The predicted molar refractivity (Wildman–Crippen MR) is 176 cm³/mol. The van der Waals surface area contributed by atoms with Gasteiger partial charge in [0.15, 0.2) is 0 Å². The Kier molecular flexibility index (Phi) is 10.2. The van der Waals surface area contributed by atoms with Crippen molar-refractivity contribution >= 4 is 61.4 Å². The van der Waals surface area contributed by atoms with E-state index in [4.69, 9.17) is 11.5 Å². The molecule has 0 aliphatic carbocycles. The van der Waals surface area contributed by atoms with E-state index in [1.165, 1.54) is 18.2 Å². The van der Waals surface area contributed by atoms with E-state index in [-0.39, 0.29) is 63.1 Å². The maximum Gasteiger partial charge on any atom is 0.273 e. The van der Waals surface area contributed by atoms with Gasteiger partial charge in [-0.15, -0.1) is 20.5 Å². The summed E-state index contributed by atoms with van der Waals surface area (Å²) in [7, 11) is 0. The summed E-state index contributed by atoms with van der Waals surface area (Å²) in [5, 5.41) is 69.2. The third-order valence-corrected chi connectivity index (χ3v) is 6.87. The predicted octanol–water partition coefficient (Wildman–Crippen LogP) is 8.71. The zero-order chi connectivity index (χ0) is 33.0. The standard InChI is InChI=1S/C17H15N3O2.C16H12N4O4.Cr/c1-10-5-7-13(15(22)9-10)19-20-17-14(21)8-6-11-3-2-4-12(18)16(11)17;17-11-3-1-2-9-4-7-13(21)16(15(9)11)19-18-12-6-5-10(20(23)24)8-14(12)22;/h2-9,21-22H,18H2,1H3;1-8,21-22H,17H2;. The van der Waals surface area contributed by atoms with Crippen LogP contribution >= 0.6 is 0 Å². The van der Waals surface area contributed by atoms with Crippen molar-refractivity contribution in [2.75, 3.05) is 11.5 Å². The minimum atomic E-state index is -0.627. The third kappa shape index (κ3) is 7.37. The Morgan fingerprint density at radius 3 is 1.51 bits per heavy atom. The van der Waals surface area contributed by atoms with E-state index in [2.05, 4.69) is 20.5 Å². The van der Waals surface area contributed by atoms with Crippen molar-refractivity contribution in [3.05, 3.63) is 113 Å². The number of hydrogen-bond donors (Lipinski definition) is 6. The van der Waals surface area contributed by atoms with Crippen LogP contribution in [0.15, 0.2) is 118 Å². The van der Waals surface area contributed by atoms with Gasteiger partial charge in [0.05, 0.1) is 11.0 Å². The molecule has 0 unspecified atom stereocenters. The van der Waals surface area contributed by atoms with Crippen molar-refractivity contribution < 1.29 is 42.7 Å². The molecule has 0 fully saturated rings. The summed E-state index contributed by atoms with van der Waals surface area (Å²) in [6, 6.07) is 25.7. The number of non-ortho nitro benzene ring substituents is 1. The molecule has 47 heavy (non-hydrogen) atoms. The van der Waals surface area contributed by atoms with Crippen molar-refractivity contribution in [1.29, 1.82) is 0 Å². The first-order chi connectivity index (χ1) is 22.0. The van der Waals surface area contributed by atoms with Crippen LogP contribution in [0.3, 0.4) is 0 Å². The number of nitro groups is 1. The summed E-state index contributed by atoms with van der Waals surface area (Å²) in [6.45, 7) is 1.87. The molecule has 0 aliphatic heterocycles. The van der Waals surface area contributed by atoms with Gasteiger partial charge < -0.3 is 31.9 Å². The van der Waals surface area contributed by atoms with Crippen LogP contribution in [0.25, 0.3) is 21.5 Å². The number of anilines is 2. The van der Waals surface area contributed by atoms with E-state index >= 15 is 0 Å². The first-order valence-corrected chi connectivity index (χ1v) is 13.6. The molecule has 0 aliphatic rings. The molecule has 6 aromatic carbocycles. The summed E-state index contributed by atoms with van der Waals surface area (Å²) in [5.74, 6) is -0.483. The summed E-state index contributed by atoms with van der Waals surface area (Å²) in [4.78, 5) is 10.0. The number of rotatable bonds is 5. The van der Waals surface area contributed by atoms with E-state index in [9.17, 15) is 30.5 Å². The average Bonchev–Trinajstić information content (AvgIpc) is 3.02. The molecule has 6 aromatic rings. The van der Waals surface area contributed by atoms with Crippen LogP contribution < -0.4 is 11.5 Å². The molecule has 0 spiro atoms. The number of azo groups is 2. The molecule has 8 N–H and O–H groups in total. The largest absolute Gasteiger partial charge is 0.506 e. The molecule has 0 amide bonds. The Morgan fingerprint density at radius 2 is 1.06 bits per heavy atom. The van der Waals surface area contributed by atoms with Gasteiger partial charge in [-0.05, 0) is 65.7 Å². The number of fused-ring (bicyclic) bond motifs is 2. The van der Waals surface area contributed by atoms with Crippen LogP contribution in [-0.2, 0) is 17.4 Å². The van der Waals surface area contributed by atoms with E-state index in [1.54, 1.807) is 48.5 Å². The van der Waals surface area contributed by atoms with Gasteiger partial charge in [0, 0.05) is 45.6 Å². The van der Waals surface area contributed by atoms with E-state index in [0.717, 1.165) is 22.4 Å². The maximum absolute atomic E-state index is 10.7. The number of phenolic OH excluding ortho intramolecular Hbond substituents is 4. The molecule has 13 nitrogen and oxygen atoms in total. The zero-order valence-electron chi connectivity index (χ0n) is 24.6. The maximum atomic E-state index is 10.7. The normalized spacial score (nSPS) is 11.0. The smallest absolute Gasteiger partial charge is 0.273 e. The van der Waals surface area contributed by atoms with Crippen LogP contribution in [0, 0.1) is 17.0 Å². The minimum Gasteiger partial charge on any atom is -0.506 e. The van der Waals surface area contributed by atoms with Gasteiger partial charge >= 0.3 is 0 Å². The van der Waals surface area contributed by atoms with Gasteiger partial charge in [0.1, 0.15) is 45.7 Å². The summed E-state index contributed by atoms with van der Waals surface area (Å²) in [5.41, 5.74) is 14.3. The number of aromatic hydroxyl groups is 4. The van der Waals surface area contributed by atoms with Crippen molar-refractivity contribution in [1.82, 2.24) is 0 Å². The van der Waals surface area contributed by atoms with Crippen LogP contribution in [0.1, 0.15) is 5.56 Å². The van der Waals surface area contributed by atoms with E-state index in [0.29, 0.717) is 27.8 Å². The number of nitrogens with zero attached hydrogens (tertiary/aromatic N) is 5. The van der Waals surface area contributed by atoms with E-state index in [1.807, 2.05) is 31.2 Å². The molecule has 0 atom stereocenters. The number of hydrogen-bond acceptors (Lipinski definition) is 12. The van der Waals surface area contributed by atoms with Crippen LogP contribution in [0.5, 0.6) is 23.0 Å². The van der Waals surface area contributed by atoms with Crippen molar-refractivity contribution in [2.45, 2.75) is 6.92 Å². The quantitative estimate of drug-likeness (QED) is 0.0449. The fourth-order valence-electron chi connectivity index (χ4n) is 4.59. The molecular formula is C33H27CrN7O6. The number of nitrogens with two attached hydrogens (primary N) is 2. The molecular weight excluding hydrogens is 642 g/mol. The fraction of sp³-hybridized carbons (Fsp3) is 0.0303. The minimum absolute atomic E-state index is 0. The van der Waals surface area contributed by atoms with Crippen molar-refractivity contribution in [2.24, 2.45) is 20.5 Å². The molecule has 0 bridgehead atoms. The van der Waals surface area contributed by atoms with Gasteiger partial charge in [-0.2, -0.15) is 0 Å². The zero-order valence-corrected chi connectivity index (χ0v) is 25.9. The first kappa shape index (κ1) is 33.7. The summed E-state index contributed by atoms with van der Waals surface area (Å²) < 4.78 is 0. The molecule has 236 valence electrons. The Morgan fingerprint density at radius 1 is 0.596 bits per heavy atom. The summed E-state index contributed by atoms with van der Waals surface area (Å²) in [6.07, 6.45) is 0. The fourth-order valence-corrected chi connectivity index (χ4v) is 4.59. The van der Waals surface area contributed by atoms with Gasteiger partial charge in [0.2, 0.25) is 0 Å². The number of nitrogen functional groups attached to an aromatic ring is 2. The second-order valence-corrected chi connectivity index (χ2v) is 10.1. The second kappa shape index (κ2) is 14.3. The Bertz CT molecular complexity index is 2190. The third-order valence-electron chi connectivity index (χ3n) is 6.87. The molecule has 0 saturated carbocycles. The van der Waals surface area contributed by atoms with Crippen LogP contribution in [0.2, 0.25) is 0 Å². The first-order valence-electron chi connectivity index (χ1n) is 13.6. The molecule has 0 saturated heterocycles. The van der Waals surface area contributed by atoms with Crippen LogP contribution in [0.4, 0.5) is 39.8 Å². The molecule has 0 heterocycles. The van der Waals surface area contributed by atoms with Gasteiger partial charge in [0.25, 0.3) is 5.69 Å². The van der Waals surface area contributed by atoms with Gasteiger partial charge in [-0.1, -0.05) is 42.5 Å². The van der Waals surface area contributed by atoms with Crippen LogP contribution in [-0.4, -0.2) is 25.3 Å². The number of aryl methyl sites for hydroxylation is 1. The summed E-state index contributed by atoms with van der Waals surface area (Å²) >= 11 is 0.